The first-order valence-electron chi connectivity index (χ1n) is 21.2. The van der Waals surface area contributed by atoms with Crippen LogP contribution >= 0.6 is 11.3 Å². The fourth-order valence-electron chi connectivity index (χ4n) is 7.28. The van der Waals surface area contributed by atoms with E-state index in [9.17, 15) is 14.4 Å². The number of benzene rings is 2. The molecule has 5 aromatic heterocycles. The number of carboxylic acids is 1. The smallest absolute Gasteiger partial charge is 0.303 e. The summed E-state index contributed by atoms with van der Waals surface area (Å²) in [6, 6.07) is 35.4. The van der Waals surface area contributed by atoms with Crippen LogP contribution in [0.3, 0.4) is 0 Å². The summed E-state index contributed by atoms with van der Waals surface area (Å²) >= 11 is 1.48. The van der Waals surface area contributed by atoms with E-state index < -0.39 is 5.97 Å². The lowest BCUT2D eigenvalue weighted by atomic mass is 10.1. The molecular weight excluding hydrogens is 827 g/mol. The highest BCUT2D eigenvalue weighted by atomic mass is 32.1. The standard InChI is InChI=1S/C49H51N9O5S/c1-63-43-19-15-36(16-20-43)29-45(60)58(28-10-27-54-44(59)21-22-46(61)62)49-55-47-37(30-56(32-39-11-2-6-23-50-39)33-40-12-3-7-24-51-40)17-18-38(48(47)64-49)31-57(34-41-13-4-8-25-52-41)35-42-14-5-9-26-53-42/h2-9,11-20,23-26H,10,21-22,27-35H2,1H3,(H,54,59)(H,61,62). The van der Waals surface area contributed by atoms with Gasteiger partial charge in [-0.3, -0.25) is 49.0 Å². The molecule has 2 aromatic carbocycles. The Morgan fingerprint density at radius 3 is 1.64 bits per heavy atom. The van der Waals surface area contributed by atoms with Crippen LogP contribution in [0.1, 0.15) is 58.7 Å². The van der Waals surface area contributed by atoms with Gasteiger partial charge in [-0.05, 0) is 83.8 Å². The zero-order chi connectivity index (χ0) is 44.5. The van der Waals surface area contributed by atoms with Crippen molar-refractivity contribution in [2.75, 3.05) is 25.1 Å². The highest BCUT2D eigenvalue weighted by Crippen LogP contribution is 2.36. The van der Waals surface area contributed by atoms with Crippen LogP contribution in [0.2, 0.25) is 0 Å². The number of hydrogen-bond donors (Lipinski definition) is 2. The number of carbonyl (C=O) groups excluding carboxylic acids is 2. The Kier molecular flexibility index (Phi) is 16.2. The van der Waals surface area contributed by atoms with Crippen LogP contribution in [0.15, 0.2) is 134 Å². The molecule has 2 N–H and O–H groups in total. The Labute approximate surface area is 376 Å². The van der Waals surface area contributed by atoms with Crippen molar-refractivity contribution in [2.24, 2.45) is 0 Å². The third kappa shape index (κ3) is 13.3. The molecule has 0 bridgehead atoms. The Hall–Kier alpha value is -6.94. The SMILES string of the molecule is COc1ccc(CC(=O)N(CCCNC(=O)CCC(=O)O)c2nc3c(CN(Cc4ccccn4)Cc4ccccn4)ccc(CN(Cc4ccccn4)Cc4ccccn4)c3s2)cc1. The molecular formula is C49H51N9O5S. The molecule has 2 amide bonds. The molecule has 0 unspecified atom stereocenters. The van der Waals surface area contributed by atoms with E-state index in [0.717, 1.165) is 49.7 Å². The van der Waals surface area contributed by atoms with Gasteiger partial charge in [-0.25, -0.2) is 4.98 Å². The molecule has 14 nitrogen and oxygen atoms in total. The number of pyridine rings is 4. The Morgan fingerprint density at radius 1 is 0.641 bits per heavy atom. The number of ether oxygens (including phenoxy) is 1. The number of amides is 2. The second kappa shape index (κ2) is 22.9. The summed E-state index contributed by atoms with van der Waals surface area (Å²) in [6.45, 7) is 3.93. The van der Waals surface area contributed by atoms with Crippen molar-refractivity contribution in [3.63, 3.8) is 0 Å². The third-order valence-corrected chi connectivity index (χ3v) is 11.6. The summed E-state index contributed by atoms with van der Waals surface area (Å²) < 4.78 is 6.32. The monoisotopic (exact) mass is 877 g/mol. The maximum Gasteiger partial charge on any atom is 0.303 e. The van der Waals surface area contributed by atoms with Gasteiger partial charge in [0.25, 0.3) is 0 Å². The van der Waals surface area contributed by atoms with Crippen molar-refractivity contribution in [1.29, 1.82) is 0 Å². The molecule has 64 heavy (non-hydrogen) atoms. The largest absolute Gasteiger partial charge is 0.497 e. The molecule has 0 aliphatic rings. The van der Waals surface area contributed by atoms with Gasteiger partial charge in [-0.2, -0.15) is 0 Å². The maximum absolute atomic E-state index is 14.5. The van der Waals surface area contributed by atoms with Crippen molar-refractivity contribution in [3.05, 3.63) is 173 Å². The number of aromatic nitrogens is 5. The summed E-state index contributed by atoms with van der Waals surface area (Å²) in [6.07, 6.45) is 7.38. The number of rotatable bonds is 23. The van der Waals surface area contributed by atoms with Crippen molar-refractivity contribution >= 4 is 44.5 Å². The van der Waals surface area contributed by atoms with Crippen molar-refractivity contribution in [3.8, 4) is 5.75 Å². The zero-order valence-corrected chi connectivity index (χ0v) is 36.6. The molecule has 0 saturated heterocycles. The van der Waals surface area contributed by atoms with E-state index in [0.29, 0.717) is 56.6 Å². The lowest BCUT2D eigenvalue weighted by Crippen LogP contribution is -2.35. The van der Waals surface area contributed by atoms with Gasteiger partial charge < -0.3 is 15.2 Å². The number of thiazole rings is 1. The normalized spacial score (nSPS) is 11.2. The van der Waals surface area contributed by atoms with E-state index in [4.69, 9.17) is 14.8 Å². The molecule has 0 atom stereocenters. The molecule has 15 heteroatoms. The number of methoxy groups -OCH3 is 1. The van der Waals surface area contributed by atoms with E-state index in [-0.39, 0.29) is 44.2 Å². The summed E-state index contributed by atoms with van der Waals surface area (Å²) in [7, 11) is 1.60. The maximum atomic E-state index is 14.5. The first-order chi connectivity index (χ1) is 31.3. The number of anilines is 1. The number of nitrogens with zero attached hydrogens (tertiary/aromatic N) is 8. The van der Waals surface area contributed by atoms with Crippen LogP contribution in [0, 0.1) is 0 Å². The Balaban J connectivity index is 1.26. The van der Waals surface area contributed by atoms with E-state index in [2.05, 4.69) is 47.2 Å². The van der Waals surface area contributed by atoms with E-state index in [1.54, 1.807) is 36.8 Å². The van der Waals surface area contributed by atoms with E-state index in [1.165, 1.54) is 11.3 Å². The van der Waals surface area contributed by atoms with Crippen LogP contribution < -0.4 is 15.0 Å². The quantitative estimate of drug-likeness (QED) is 0.0620. The van der Waals surface area contributed by atoms with Gasteiger partial charge >= 0.3 is 5.97 Å². The summed E-state index contributed by atoms with van der Waals surface area (Å²) in [5, 5.41) is 12.4. The number of carbonyl (C=O) groups is 3. The second-order valence-electron chi connectivity index (χ2n) is 15.3. The second-order valence-corrected chi connectivity index (χ2v) is 16.3. The highest BCUT2D eigenvalue weighted by Gasteiger charge is 2.24. The lowest BCUT2D eigenvalue weighted by Gasteiger charge is -2.24. The molecule has 7 aromatic rings. The lowest BCUT2D eigenvalue weighted by molar-refractivity contribution is -0.138. The number of nitrogens with one attached hydrogen (secondary N) is 1. The van der Waals surface area contributed by atoms with Gasteiger partial charge in [0.05, 0.1) is 52.9 Å². The van der Waals surface area contributed by atoms with Crippen molar-refractivity contribution in [1.82, 2.24) is 40.0 Å². The highest BCUT2D eigenvalue weighted by molar-refractivity contribution is 7.22. The Bertz CT molecular complexity index is 2360. The molecule has 0 aliphatic carbocycles. The summed E-state index contributed by atoms with van der Waals surface area (Å²) in [5.74, 6) is -0.843. The minimum Gasteiger partial charge on any atom is -0.497 e. The van der Waals surface area contributed by atoms with Gasteiger partial charge in [-0.1, -0.05) is 59.9 Å². The summed E-state index contributed by atoms with van der Waals surface area (Å²) in [4.78, 5) is 68.1. The predicted molar refractivity (Wildman–Crippen MR) is 246 cm³/mol. The molecule has 7 rings (SSSR count). The first kappa shape index (κ1) is 45.1. The van der Waals surface area contributed by atoms with Gasteiger partial charge in [-0.15, -0.1) is 0 Å². The third-order valence-electron chi connectivity index (χ3n) is 10.4. The van der Waals surface area contributed by atoms with Gasteiger partial charge in [0.1, 0.15) is 5.75 Å². The Morgan fingerprint density at radius 2 is 1.16 bits per heavy atom. The topological polar surface area (TPSA) is 167 Å². The van der Waals surface area contributed by atoms with Gasteiger partial charge in [0, 0.05) is 83.6 Å². The van der Waals surface area contributed by atoms with Crippen LogP contribution in [-0.2, 0) is 60.1 Å². The molecule has 0 aliphatic heterocycles. The number of aliphatic carboxylic acids is 1. The average Bonchev–Trinajstić information content (AvgIpc) is 3.76. The number of fused-ring (bicyclic) bond motifs is 1. The summed E-state index contributed by atoms with van der Waals surface area (Å²) in [5.41, 5.74) is 7.36. The van der Waals surface area contributed by atoms with Crippen LogP contribution in [-0.4, -0.2) is 77.8 Å². The zero-order valence-electron chi connectivity index (χ0n) is 35.8. The van der Waals surface area contributed by atoms with Gasteiger partial charge in [0.15, 0.2) is 5.13 Å². The minimum atomic E-state index is -1.03. The molecule has 5 heterocycles. The molecule has 328 valence electrons. The van der Waals surface area contributed by atoms with Gasteiger partial charge in [0.2, 0.25) is 11.8 Å². The molecule has 0 spiro atoms. The number of hydrogen-bond acceptors (Lipinski definition) is 12. The van der Waals surface area contributed by atoms with Crippen molar-refractivity contribution < 1.29 is 24.2 Å². The molecule has 0 radical (unpaired) electrons. The fourth-order valence-corrected chi connectivity index (χ4v) is 8.44. The van der Waals surface area contributed by atoms with Crippen LogP contribution in [0.25, 0.3) is 10.2 Å². The average molecular weight is 878 g/mol. The van der Waals surface area contributed by atoms with Crippen molar-refractivity contribution in [2.45, 2.75) is 65.0 Å². The van der Waals surface area contributed by atoms with Crippen LogP contribution in [0.4, 0.5) is 5.13 Å². The predicted octanol–water partition coefficient (Wildman–Crippen LogP) is 7.24. The molecule has 0 fully saturated rings. The number of carboxylic acid groups (broad SMARTS) is 1. The van der Waals surface area contributed by atoms with Crippen LogP contribution in [0.5, 0.6) is 5.75 Å². The van der Waals surface area contributed by atoms with E-state index >= 15 is 0 Å². The van der Waals surface area contributed by atoms with E-state index in [1.807, 2.05) is 97.1 Å². The fraction of sp³-hybridized carbons (Fsp3) is 0.265. The molecule has 0 saturated carbocycles. The first-order valence-corrected chi connectivity index (χ1v) is 22.0. The minimum absolute atomic E-state index is 0.117.